The second kappa shape index (κ2) is 8.36. The highest BCUT2D eigenvalue weighted by molar-refractivity contribution is 6.34. The van der Waals surface area contributed by atoms with Crippen molar-refractivity contribution in [2.75, 3.05) is 18.4 Å². The standard InChI is InChI=1S/C15H20ClN3O2.ClH/c1-10(17)14(20)18-11-5-6-12(13(16)9-11)15(21)19-7-3-2-4-8-19;/h5-6,9-10H,2-4,7-8,17H2,1H3,(H,18,20);1H/t10-;/m0./s1. The first-order chi connectivity index (χ1) is 9.99. The smallest absolute Gasteiger partial charge is 0.255 e. The summed E-state index contributed by atoms with van der Waals surface area (Å²) < 4.78 is 0. The van der Waals surface area contributed by atoms with E-state index in [4.69, 9.17) is 17.3 Å². The number of piperidine rings is 1. The molecule has 1 heterocycles. The first kappa shape index (κ1) is 18.7. The maximum atomic E-state index is 12.4. The highest BCUT2D eigenvalue weighted by Gasteiger charge is 2.20. The van der Waals surface area contributed by atoms with Crippen LogP contribution in [0, 0.1) is 0 Å². The SMILES string of the molecule is C[C@H](N)C(=O)Nc1ccc(C(=O)N2CCCCC2)c(Cl)c1.Cl. The summed E-state index contributed by atoms with van der Waals surface area (Å²) in [7, 11) is 0. The summed E-state index contributed by atoms with van der Waals surface area (Å²) in [6, 6.07) is 4.30. The Balaban J connectivity index is 0.00000242. The minimum Gasteiger partial charge on any atom is -0.339 e. The third kappa shape index (κ3) is 4.60. The molecule has 0 aromatic heterocycles. The van der Waals surface area contributed by atoms with E-state index >= 15 is 0 Å². The van der Waals surface area contributed by atoms with Crippen LogP contribution < -0.4 is 11.1 Å². The van der Waals surface area contributed by atoms with Crippen LogP contribution in [0.5, 0.6) is 0 Å². The number of anilines is 1. The van der Waals surface area contributed by atoms with Crippen molar-refractivity contribution in [1.82, 2.24) is 4.90 Å². The number of hydrogen-bond acceptors (Lipinski definition) is 3. The van der Waals surface area contributed by atoms with Gasteiger partial charge >= 0.3 is 0 Å². The molecule has 2 amide bonds. The Kier molecular flexibility index (Phi) is 7.13. The molecule has 1 saturated heterocycles. The molecule has 1 aromatic carbocycles. The number of likely N-dealkylation sites (tertiary alicyclic amines) is 1. The fourth-order valence-electron chi connectivity index (χ4n) is 2.29. The van der Waals surface area contributed by atoms with Gasteiger partial charge < -0.3 is 16.0 Å². The maximum Gasteiger partial charge on any atom is 0.255 e. The molecule has 1 aliphatic rings. The van der Waals surface area contributed by atoms with E-state index < -0.39 is 6.04 Å². The first-order valence-corrected chi connectivity index (χ1v) is 7.52. The van der Waals surface area contributed by atoms with Crippen molar-refractivity contribution in [2.45, 2.75) is 32.2 Å². The van der Waals surface area contributed by atoms with Gasteiger partial charge in [0.25, 0.3) is 5.91 Å². The minimum atomic E-state index is -0.599. The van der Waals surface area contributed by atoms with Gasteiger partial charge in [-0.3, -0.25) is 9.59 Å². The van der Waals surface area contributed by atoms with E-state index in [1.807, 2.05) is 4.90 Å². The molecule has 7 heteroatoms. The van der Waals surface area contributed by atoms with Gasteiger partial charge in [-0.1, -0.05) is 11.6 Å². The highest BCUT2D eigenvalue weighted by Crippen LogP contribution is 2.23. The zero-order valence-corrected chi connectivity index (χ0v) is 14.0. The molecule has 0 aliphatic carbocycles. The van der Waals surface area contributed by atoms with Gasteiger partial charge in [0.1, 0.15) is 0 Å². The molecule has 1 aromatic rings. The second-order valence-corrected chi connectivity index (χ2v) is 5.73. The van der Waals surface area contributed by atoms with Crippen LogP contribution in [0.4, 0.5) is 5.69 Å². The van der Waals surface area contributed by atoms with Gasteiger partial charge in [-0.2, -0.15) is 0 Å². The van der Waals surface area contributed by atoms with Crippen molar-refractivity contribution < 1.29 is 9.59 Å². The summed E-state index contributed by atoms with van der Waals surface area (Å²) in [5.41, 5.74) is 6.50. The molecular weight excluding hydrogens is 325 g/mol. The summed E-state index contributed by atoms with van der Waals surface area (Å²) in [6.45, 7) is 3.15. The number of nitrogens with two attached hydrogens (primary N) is 1. The number of benzene rings is 1. The fraction of sp³-hybridized carbons (Fsp3) is 0.467. The van der Waals surface area contributed by atoms with Gasteiger partial charge in [0.05, 0.1) is 16.6 Å². The van der Waals surface area contributed by atoms with Gasteiger partial charge in [-0.25, -0.2) is 0 Å². The van der Waals surface area contributed by atoms with Crippen molar-refractivity contribution in [2.24, 2.45) is 5.73 Å². The van der Waals surface area contributed by atoms with Crippen molar-refractivity contribution in [3.05, 3.63) is 28.8 Å². The number of halogens is 2. The van der Waals surface area contributed by atoms with Gasteiger partial charge in [0.2, 0.25) is 5.91 Å². The lowest BCUT2D eigenvalue weighted by Gasteiger charge is -2.27. The second-order valence-electron chi connectivity index (χ2n) is 5.33. The quantitative estimate of drug-likeness (QED) is 0.884. The molecule has 3 N–H and O–H groups in total. The molecule has 1 atom stereocenters. The first-order valence-electron chi connectivity index (χ1n) is 7.14. The molecule has 0 radical (unpaired) electrons. The zero-order chi connectivity index (χ0) is 15.4. The van der Waals surface area contributed by atoms with E-state index in [2.05, 4.69) is 5.32 Å². The predicted octanol–water partition coefficient (Wildman–Crippen LogP) is 2.67. The fourth-order valence-corrected chi connectivity index (χ4v) is 2.55. The van der Waals surface area contributed by atoms with Crippen molar-refractivity contribution in [3.63, 3.8) is 0 Å². The topological polar surface area (TPSA) is 75.4 Å². The monoisotopic (exact) mass is 345 g/mol. The molecule has 1 fully saturated rings. The van der Waals surface area contributed by atoms with E-state index in [0.717, 1.165) is 25.9 Å². The normalized spacial score (nSPS) is 15.7. The van der Waals surface area contributed by atoms with E-state index in [1.54, 1.807) is 25.1 Å². The zero-order valence-electron chi connectivity index (χ0n) is 12.5. The Hall–Kier alpha value is -1.30. The lowest BCUT2D eigenvalue weighted by Crippen LogP contribution is -2.35. The van der Waals surface area contributed by atoms with Gasteiger partial charge in [0, 0.05) is 18.8 Å². The summed E-state index contributed by atoms with van der Waals surface area (Å²) in [5, 5.41) is 3.00. The molecule has 22 heavy (non-hydrogen) atoms. The third-order valence-electron chi connectivity index (χ3n) is 3.52. The number of amides is 2. The Morgan fingerprint density at radius 1 is 1.27 bits per heavy atom. The van der Waals surface area contributed by atoms with Crippen LogP contribution in [0.25, 0.3) is 0 Å². The molecular formula is C15H21Cl2N3O2. The van der Waals surface area contributed by atoms with E-state index in [-0.39, 0.29) is 24.2 Å². The van der Waals surface area contributed by atoms with E-state index in [9.17, 15) is 9.59 Å². The summed E-state index contributed by atoms with van der Waals surface area (Å²) in [4.78, 5) is 25.8. The number of carbonyl (C=O) groups is 2. The van der Waals surface area contributed by atoms with Crippen molar-refractivity contribution in [1.29, 1.82) is 0 Å². The van der Waals surface area contributed by atoms with Crippen LogP contribution in [0.3, 0.4) is 0 Å². The number of hydrogen-bond donors (Lipinski definition) is 2. The molecule has 1 aliphatic heterocycles. The number of nitrogens with zero attached hydrogens (tertiary/aromatic N) is 1. The lowest BCUT2D eigenvalue weighted by molar-refractivity contribution is -0.117. The Morgan fingerprint density at radius 2 is 1.91 bits per heavy atom. The minimum absolute atomic E-state index is 0. The van der Waals surface area contributed by atoms with Crippen LogP contribution in [0.1, 0.15) is 36.5 Å². The number of carbonyl (C=O) groups excluding carboxylic acids is 2. The van der Waals surface area contributed by atoms with Crippen LogP contribution in [0.15, 0.2) is 18.2 Å². The summed E-state index contributed by atoms with van der Waals surface area (Å²) in [6.07, 6.45) is 3.23. The molecule has 2 rings (SSSR count). The Labute approximate surface area is 141 Å². The highest BCUT2D eigenvalue weighted by atomic mass is 35.5. The van der Waals surface area contributed by atoms with Gasteiger partial charge in [-0.05, 0) is 44.4 Å². The molecule has 5 nitrogen and oxygen atoms in total. The average Bonchev–Trinajstić information content (AvgIpc) is 2.47. The van der Waals surface area contributed by atoms with Gasteiger partial charge in [0.15, 0.2) is 0 Å². The van der Waals surface area contributed by atoms with E-state index in [1.165, 1.54) is 6.42 Å². The molecule has 0 bridgehead atoms. The molecule has 0 spiro atoms. The largest absolute Gasteiger partial charge is 0.339 e. The van der Waals surface area contributed by atoms with Crippen LogP contribution >= 0.6 is 24.0 Å². The Morgan fingerprint density at radius 3 is 2.45 bits per heavy atom. The third-order valence-corrected chi connectivity index (χ3v) is 3.84. The molecule has 0 unspecified atom stereocenters. The average molecular weight is 346 g/mol. The van der Waals surface area contributed by atoms with Crippen molar-refractivity contribution >= 4 is 41.5 Å². The predicted molar refractivity (Wildman–Crippen MR) is 90.7 cm³/mol. The van der Waals surface area contributed by atoms with Crippen LogP contribution in [-0.2, 0) is 4.79 Å². The number of rotatable bonds is 3. The summed E-state index contributed by atoms with van der Waals surface area (Å²) in [5.74, 6) is -0.342. The van der Waals surface area contributed by atoms with Gasteiger partial charge in [-0.15, -0.1) is 12.4 Å². The maximum absolute atomic E-state index is 12.4. The molecule has 0 saturated carbocycles. The van der Waals surface area contributed by atoms with E-state index in [0.29, 0.717) is 16.3 Å². The number of nitrogens with one attached hydrogen (secondary N) is 1. The summed E-state index contributed by atoms with van der Waals surface area (Å²) >= 11 is 6.18. The molecule has 122 valence electrons. The lowest BCUT2D eigenvalue weighted by atomic mass is 10.1. The van der Waals surface area contributed by atoms with Crippen LogP contribution in [0.2, 0.25) is 5.02 Å². The van der Waals surface area contributed by atoms with Crippen molar-refractivity contribution in [3.8, 4) is 0 Å². The Bertz CT molecular complexity index is 544. The van der Waals surface area contributed by atoms with Crippen LogP contribution in [-0.4, -0.2) is 35.8 Å².